The number of hydrogen-bond acceptors (Lipinski definition) is 5. The van der Waals surface area contributed by atoms with E-state index in [1.165, 1.54) is 28.9 Å². The molecule has 4 aliphatic rings. The number of fused-ring (bicyclic) bond motifs is 1. The van der Waals surface area contributed by atoms with E-state index in [1.807, 2.05) is 28.1 Å². The molecule has 0 bridgehead atoms. The summed E-state index contributed by atoms with van der Waals surface area (Å²) >= 11 is 0. The summed E-state index contributed by atoms with van der Waals surface area (Å²) < 4.78 is 13.5. The zero-order valence-corrected chi connectivity index (χ0v) is 23.0. The summed E-state index contributed by atoms with van der Waals surface area (Å²) in [7, 11) is 0. The van der Waals surface area contributed by atoms with Crippen molar-refractivity contribution in [3.63, 3.8) is 0 Å². The first-order valence-corrected chi connectivity index (χ1v) is 14.4. The van der Waals surface area contributed by atoms with Gasteiger partial charge >= 0.3 is 6.03 Å². The van der Waals surface area contributed by atoms with Gasteiger partial charge in [0.2, 0.25) is 0 Å². The second-order valence-electron chi connectivity index (χ2n) is 11.2. The van der Waals surface area contributed by atoms with E-state index in [1.54, 1.807) is 12.1 Å². The first kappa shape index (κ1) is 26.6. The molecule has 40 heavy (non-hydrogen) atoms. The van der Waals surface area contributed by atoms with Crippen molar-refractivity contribution in [3.05, 3.63) is 101 Å². The second kappa shape index (κ2) is 11.5. The number of carbonyl (C=O) groups excluding carboxylic acids is 1. The molecular formula is C32H38FN5O2. The molecule has 0 radical (unpaired) electrons. The highest BCUT2D eigenvalue weighted by Crippen LogP contribution is 2.49. The highest BCUT2D eigenvalue weighted by atomic mass is 19.1. The van der Waals surface area contributed by atoms with Crippen LogP contribution in [0.1, 0.15) is 37.8 Å². The van der Waals surface area contributed by atoms with Crippen LogP contribution in [-0.4, -0.2) is 60.3 Å². The summed E-state index contributed by atoms with van der Waals surface area (Å²) in [4.78, 5) is 17.5. The van der Waals surface area contributed by atoms with Gasteiger partial charge in [-0.05, 0) is 66.7 Å². The molecule has 210 valence electrons. The molecule has 2 heterocycles. The van der Waals surface area contributed by atoms with Gasteiger partial charge in [0.1, 0.15) is 5.82 Å². The lowest BCUT2D eigenvalue weighted by Crippen LogP contribution is -2.52. The van der Waals surface area contributed by atoms with Crippen molar-refractivity contribution in [2.75, 3.05) is 44.3 Å². The number of anilines is 1. The average Bonchev–Trinajstić information content (AvgIpc) is 3.59. The van der Waals surface area contributed by atoms with Gasteiger partial charge in [0.25, 0.3) is 0 Å². The van der Waals surface area contributed by atoms with Crippen molar-refractivity contribution >= 4 is 11.7 Å². The van der Waals surface area contributed by atoms with Crippen molar-refractivity contribution in [1.29, 1.82) is 0 Å². The normalized spacial score (nSPS) is 23.3. The summed E-state index contributed by atoms with van der Waals surface area (Å²) in [6, 6.07) is 16.8. The minimum atomic E-state index is -0.241. The second-order valence-corrected chi connectivity index (χ2v) is 11.2. The Labute approximate surface area is 235 Å². The van der Waals surface area contributed by atoms with E-state index in [4.69, 9.17) is 0 Å². The van der Waals surface area contributed by atoms with Crippen LogP contribution in [-0.2, 0) is 0 Å². The van der Waals surface area contributed by atoms with Crippen molar-refractivity contribution < 1.29 is 14.3 Å². The number of β-amino-alcohol motifs (C(OH)–C–C–N with tert-alkyl or cyclic N) is 1. The third-order valence-electron chi connectivity index (χ3n) is 8.88. The van der Waals surface area contributed by atoms with E-state index in [9.17, 15) is 14.3 Å². The zero-order chi connectivity index (χ0) is 27.6. The Morgan fingerprint density at radius 1 is 1.10 bits per heavy atom. The number of halogens is 1. The highest BCUT2D eigenvalue weighted by Gasteiger charge is 2.39. The number of urea groups is 1. The summed E-state index contributed by atoms with van der Waals surface area (Å²) in [5.74, 6) is 0.387. The van der Waals surface area contributed by atoms with Crippen LogP contribution < -0.4 is 15.8 Å². The molecule has 2 aromatic carbocycles. The van der Waals surface area contributed by atoms with Gasteiger partial charge in [-0.15, -0.1) is 0 Å². The Morgan fingerprint density at radius 2 is 1.85 bits per heavy atom. The van der Waals surface area contributed by atoms with Gasteiger partial charge in [0.15, 0.2) is 0 Å². The number of hydrazine groups is 1. The molecular weight excluding hydrogens is 505 g/mol. The third-order valence-corrected chi connectivity index (χ3v) is 8.88. The van der Waals surface area contributed by atoms with Gasteiger partial charge in [-0.25, -0.2) is 9.18 Å². The molecule has 0 saturated carbocycles. The van der Waals surface area contributed by atoms with E-state index in [0.717, 1.165) is 49.3 Å². The minimum absolute atomic E-state index is 0.0128. The summed E-state index contributed by atoms with van der Waals surface area (Å²) in [5, 5.41) is 14.7. The Morgan fingerprint density at radius 3 is 2.58 bits per heavy atom. The van der Waals surface area contributed by atoms with Crippen molar-refractivity contribution in [2.24, 2.45) is 11.8 Å². The average molecular weight is 544 g/mol. The number of aliphatic hydroxyl groups excluding tert-OH is 1. The van der Waals surface area contributed by atoms with Gasteiger partial charge < -0.3 is 20.7 Å². The Bertz CT molecular complexity index is 1310. The molecule has 2 aromatic rings. The molecule has 0 spiro atoms. The standard InChI is InChI=1S/C32H38FN5O2/c1-22-28-21-34-38(27-11-9-26(33)10-12-27)30(28)20-25-8-7-24(31(22)25)19-29(23-5-3-2-4-6-23)35-32(40)37-15-13-36(14-16-37)17-18-39/h2-6,9-12,20-22,24,29,34,39H,7-8,13-19H2,1H3,(H,35,40)/t22-,24+,29?/m0/s1. The lowest BCUT2D eigenvalue weighted by Gasteiger charge is -2.36. The summed E-state index contributed by atoms with van der Waals surface area (Å²) in [6.45, 7) is 5.99. The number of rotatable bonds is 7. The maximum atomic E-state index is 13.5. The van der Waals surface area contributed by atoms with E-state index in [2.05, 4.69) is 47.0 Å². The molecule has 0 aromatic heterocycles. The molecule has 3 N–H and O–H groups in total. The van der Waals surface area contributed by atoms with Crippen LogP contribution in [0, 0.1) is 17.7 Å². The van der Waals surface area contributed by atoms with Crippen molar-refractivity contribution in [3.8, 4) is 0 Å². The van der Waals surface area contributed by atoms with E-state index < -0.39 is 0 Å². The quantitative estimate of drug-likeness (QED) is 0.471. The van der Waals surface area contributed by atoms with Crippen LogP contribution in [0.15, 0.2) is 89.3 Å². The number of benzene rings is 2. The first-order chi connectivity index (χ1) is 19.5. The molecule has 1 saturated heterocycles. The van der Waals surface area contributed by atoms with Crippen LogP contribution in [0.3, 0.4) is 0 Å². The van der Waals surface area contributed by atoms with Gasteiger partial charge in [-0.3, -0.25) is 9.91 Å². The number of carbonyl (C=O) groups is 1. The number of allylic oxidation sites excluding steroid dienone is 4. The van der Waals surface area contributed by atoms with Gasteiger partial charge in [0.05, 0.1) is 24.0 Å². The maximum Gasteiger partial charge on any atom is 0.317 e. The number of piperazine rings is 1. The Hall–Kier alpha value is -3.62. The molecule has 1 unspecified atom stereocenters. The van der Waals surface area contributed by atoms with Crippen molar-refractivity contribution in [2.45, 2.75) is 32.2 Å². The van der Waals surface area contributed by atoms with E-state index in [0.29, 0.717) is 25.6 Å². The largest absolute Gasteiger partial charge is 0.395 e. The lowest BCUT2D eigenvalue weighted by molar-refractivity contribution is 0.120. The van der Waals surface area contributed by atoms with Gasteiger partial charge in [-0.2, -0.15) is 0 Å². The van der Waals surface area contributed by atoms with Crippen LogP contribution >= 0.6 is 0 Å². The first-order valence-electron chi connectivity index (χ1n) is 14.4. The topological polar surface area (TPSA) is 71.1 Å². The van der Waals surface area contributed by atoms with Crippen molar-refractivity contribution in [1.82, 2.24) is 20.5 Å². The minimum Gasteiger partial charge on any atom is -0.395 e. The van der Waals surface area contributed by atoms with Crippen LogP contribution in [0.5, 0.6) is 0 Å². The fraction of sp³-hybridized carbons (Fsp3) is 0.406. The number of aliphatic hydroxyl groups is 1. The highest BCUT2D eigenvalue weighted by molar-refractivity contribution is 5.75. The van der Waals surface area contributed by atoms with E-state index >= 15 is 0 Å². The van der Waals surface area contributed by atoms with Crippen LogP contribution in [0.4, 0.5) is 14.9 Å². The number of hydrogen-bond donors (Lipinski definition) is 3. The van der Waals surface area contributed by atoms with Crippen LogP contribution in [0.2, 0.25) is 0 Å². The number of amides is 2. The lowest BCUT2D eigenvalue weighted by atomic mass is 9.78. The summed E-state index contributed by atoms with van der Waals surface area (Å²) in [5.41, 5.74) is 10.7. The molecule has 8 heteroatoms. The third kappa shape index (κ3) is 5.25. The van der Waals surface area contributed by atoms with E-state index in [-0.39, 0.29) is 30.4 Å². The van der Waals surface area contributed by atoms with Gasteiger partial charge in [0, 0.05) is 50.4 Å². The molecule has 1 fully saturated rings. The monoisotopic (exact) mass is 543 g/mol. The Kier molecular flexibility index (Phi) is 7.63. The molecule has 2 amide bonds. The smallest absolute Gasteiger partial charge is 0.317 e. The fourth-order valence-corrected chi connectivity index (χ4v) is 6.77. The SMILES string of the molecule is C[C@H]1C2=CNN(c3ccc(F)cc3)C2=CC2=C1[C@@H](CC(NC(=O)N1CCN(CCO)CC1)c1ccccc1)CC2. The predicted octanol–water partition coefficient (Wildman–Crippen LogP) is 4.73. The van der Waals surface area contributed by atoms with Crippen LogP contribution in [0.25, 0.3) is 0 Å². The zero-order valence-electron chi connectivity index (χ0n) is 23.0. The maximum absolute atomic E-state index is 13.5. The molecule has 6 rings (SSSR count). The number of nitrogens with one attached hydrogen (secondary N) is 2. The summed E-state index contributed by atoms with van der Waals surface area (Å²) in [6.07, 6.45) is 7.31. The molecule has 3 atom stereocenters. The molecule has 2 aliphatic heterocycles. The number of nitrogens with zero attached hydrogens (tertiary/aromatic N) is 3. The van der Waals surface area contributed by atoms with Gasteiger partial charge in [-0.1, -0.05) is 42.8 Å². The Balaban J connectivity index is 1.20. The molecule has 7 nitrogen and oxygen atoms in total. The fourth-order valence-electron chi connectivity index (χ4n) is 6.77. The predicted molar refractivity (Wildman–Crippen MR) is 155 cm³/mol. The molecule has 2 aliphatic carbocycles.